The lowest BCUT2D eigenvalue weighted by atomic mass is 9.98. The number of ketones is 1. The van der Waals surface area contributed by atoms with Crippen molar-refractivity contribution >= 4 is 55.8 Å². The molecule has 0 amide bonds. The molecule has 0 saturated heterocycles. The van der Waals surface area contributed by atoms with Gasteiger partial charge >= 0.3 is 12.1 Å². The molecule has 3 heterocycles. The number of aromatic carboxylic acids is 1. The second-order valence-electron chi connectivity index (χ2n) is 10.1. The van der Waals surface area contributed by atoms with E-state index in [1.807, 2.05) is 0 Å². The van der Waals surface area contributed by atoms with Crippen LogP contribution in [0.1, 0.15) is 49.8 Å². The highest BCUT2D eigenvalue weighted by Crippen LogP contribution is 2.41. The van der Waals surface area contributed by atoms with Crippen molar-refractivity contribution in [1.29, 1.82) is 0 Å². The molecule has 0 spiro atoms. The predicted molar refractivity (Wildman–Crippen MR) is 156 cm³/mol. The van der Waals surface area contributed by atoms with Crippen LogP contribution in [0, 0.1) is 13.8 Å². The van der Waals surface area contributed by atoms with Crippen LogP contribution in [-0.4, -0.2) is 38.0 Å². The Morgan fingerprint density at radius 2 is 1.88 bits per heavy atom. The molecule has 0 fully saturated rings. The molecular formula is C30H21ClF3N3O5S. The van der Waals surface area contributed by atoms with E-state index >= 15 is 0 Å². The number of carboxylic acid groups (broad SMARTS) is 1. The molecule has 43 heavy (non-hydrogen) atoms. The number of nitrogens with zero attached hydrogens (tertiary/aromatic N) is 3. The number of halogens is 4. The number of ether oxygens (including phenoxy) is 1. The number of rotatable bonds is 6. The van der Waals surface area contributed by atoms with Crippen LogP contribution in [-0.2, 0) is 19.1 Å². The molecule has 3 aromatic heterocycles. The Kier molecular flexibility index (Phi) is 7.01. The van der Waals surface area contributed by atoms with Crippen molar-refractivity contribution in [2.45, 2.75) is 39.4 Å². The summed E-state index contributed by atoms with van der Waals surface area (Å²) in [5.74, 6) is -1.03. The van der Waals surface area contributed by atoms with E-state index in [1.165, 1.54) is 28.2 Å². The summed E-state index contributed by atoms with van der Waals surface area (Å²) in [6.45, 7) is 3.21. The van der Waals surface area contributed by atoms with Crippen LogP contribution in [0.15, 0.2) is 40.5 Å². The fraction of sp³-hybridized carbons (Fsp3) is 0.233. The average molecular weight is 628 g/mol. The smallest absolute Gasteiger partial charge is 0.416 e. The average Bonchev–Trinajstić information content (AvgIpc) is 3.53. The third kappa shape index (κ3) is 4.94. The van der Waals surface area contributed by atoms with Gasteiger partial charge in [0.05, 0.1) is 38.8 Å². The summed E-state index contributed by atoms with van der Waals surface area (Å²) in [5.41, 5.74) is 0.186. The van der Waals surface area contributed by atoms with Gasteiger partial charge in [-0.3, -0.25) is 19.1 Å². The van der Waals surface area contributed by atoms with Gasteiger partial charge in [0.2, 0.25) is 0 Å². The van der Waals surface area contributed by atoms with Crippen LogP contribution in [0.2, 0.25) is 5.02 Å². The van der Waals surface area contributed by atoms with Crippen LogP contribution >= 0.6 is 22.9 Å². The van der Waals surface area contributed by atoms with Gasteiger partial charge in [0.1, 0.15) is 18.2 Å². The molecule has 0 bridgehead atoms. The van der Waals surface area contributed by atoms with Crippen LogP contribution in [0.4, 0.5) is 13.2 Å². The van der Waals surface area contributed by atoms with Gasteiger partial charge in [0.15, 0.2) is 5.78 Å². The number of aryl methyl sites for hydroxylation is 2. The van der Waals surface area contributed by atoms with Crippen LogP contribution in [0.5, 0.6) is 5.75 Å². The maximum atomic E-state index is 13.8. The maximum Gasteiger partial charge on any atom is 0.416 e. The minimum absolute atomic E-state index is 0.00733. The Balaban J connectivity index is 1.37. The van der Waals surface area contributed by atoms with Crippen molar-refractivity contribution in [2.75, 3.05) is 6.61 Å². The first-order chi connectivity index (χ1) is 20.3. The lowest BCUT2D eigenvalue weighted by Crippen LogP contribution is -2.28. The van der Waals surface area contributed by atoms with E-state index < -0.39 is 29.1 Å². The molecule has 0 aliphatic heterocycles. The highest BCUT2D eigenvalue weighted by atomic mass is 35.5. The highest BCUT2D eigenvalue weighted by molar-refractivity contribution is 7.18. The number of alkyl halides is 3. The van der Waals surface area contributed by atoms with Crippen LogP contribution in [0.25, 0.3) is 32.2 Å². The first-order valence-electron chi connectivity index (χ1n) is 13.1. The topological polar surface area (TPSA) is 111 Å². The third-order valence-electron chi connectivity index (χ3n) is 7.42. The molecular weight excluding hydrogens is 607 g/mol. The van der Waals surface area contributed by atoms with Gasteiger partial charge in [-0.25, -0.2) is 9.78 Å². The van der Waals surface area contributed by atoms with Crippen molar-refractivity contribution in [2.24, 2.45) is 0 Å². The summed E-state index contributed by atoms with van der Waals surface area (Å²) < 4.78 is 49.3. The van der Waals surface area contributed by atoms with Gasteiger partial charge in [-0.15, -0.1) is 11.3 Å². The van der Waals surface area contributed by atoms with E-state index in [9.17, 15) is 32.7 Å². The van der Waals surface area contributed by atoms with Crippen LogP contribution < -0.4 is 10.3 Å². The summed E-state index contributed by atoms with van der Waals surface area (Å²) in [7, 11) is 0. The molecule has 5 aromatic rings. The standard InChI is InChI=1S/C30H21ClF3N3O5S/c1-13-9-18(27-26(35-13)19(12-43-27)29(40)41)17-10-15(31)3-6-23(17)42-8-7-37-14(2)36-21-11-20(30(32,33)34)16-4-5-22(38)24(16)25(21)28(37)39/h3,6,9-12H,4-5,7-8H2,1-2H3,(H,40,41). The molecule has 8 nitrogen and oxygen atoms in total. The number of carbonyl (C=O) groups is 2. The zero-order valence-electron chi connectivity index (χ0n) is 22.6. The number of fused-ring (bicyclic) bond motifs is 4. The summed E-state index contributed by atoms with van der Waals surface area (Å²) in [4.78, 5) is 46.7. The van der Waals surface area contributed by atoms with Gasteiger partial charge < -0.3 is 9.84 Å². The number of thiophene rings is 1. The minimum atomic E-state index is -4.69. The Bertz CT molecular complexity index is 2070. The molecule has 0 saturated carbocycles. The van der Waals surface area contributed by atoms with Gasteiger partial charge in [-0.2, -0.15) is 13.2 Å². The highest BCUT2D eigenvalue weighted by Gasteiger charge is 2.39. The predicted octanol–water partition coefficient (Wildman–Crippen LogP) is 6.87. The fourth-order valence-electron chi connectivity index (χ4n) is 5.55. The van der Waals surface area contributed by atoms with Crippen molar-refractivity contribution in [3.63, 3.8) is 0 Å². The van der Waals surface area contributed by atoms with Crippen molar-refractivity contribution in [3.8, 4) is 16.9 Å². The van der Waals surface area contributed by atoms with Crippen molar-refractivity contribution in [1.82, 2.24) is 14.5 Å². The minimum Gasteiger partial charge on any atom is -0.491 e. The van der Waals surface area contributed by atoms with Crippen molar-refractivity contribution < 1.29 is 32.6 Å². The normalized spacial score (nSPS) is 13.2. The number of benzene rings is 2. The Morgan fingerprint density at radius 3 is 2.60 bits per heavy atom. The number of aromatic nitrogens is 3. The molecule has 2 aromatic carbocycles. The molecule has 1 aliphatic carbocycles. The molecule has 220 valence electrons. The zero-order chi connectivity index (χ0) is 30.8. The molecule has 13 heteroatoms. The largest absolute Gasteiger partial charge is 0.491 e. The fourth-order valence-corrected chi connectivity index (χ4v) is 6.74. The second-order valence-corrected chi connectivity index (χ2v) is 11.5. The zero-order valence-corrected chi connectivity index (χ0v) is 24.2. The summed E-state index contributed by atoms with van der Waals surface area (Å²) >= 11 is 7.56. The van der Waals surface area contributed by atoms with Gasteiger partial charge in [-0.05, 0) is 56.2 Å². The summed E-state index contributed by atoms with van der Waals surface area (Å²) in [6.07, 6.45) is -4.88. The Morgan fingerprint density at radius 1 is 1.12 bits per heavy atom. The molecule has 6 rings (SSSR count). The van der Waals surface area contributed by atoms with Crippen molar-refractivity contribution in [3.05, 3.63) is 84.9 Å². The molecule has 0 unspecified atom stereocenters. The number of carboxylic acids is 1. The van der Waals surface area contributed by atoms with E-state index in [1.54, 1.807) is 31.2 Å². The first-order valence-corrected chi connectivity index (χ1v) is 14.3. The molecule has 1 aliphatic rings. The second kappa shape index (κ2) is 10.5. The Labute approximate surface area is 250 Å². The van der Waals surface area contributed by atoms with Gasteiger partial charge in [0, 0.05) is 39.2 Å². The molecule has 0 atom stereocenters. The van der Waals surface area contributed by atoms with Gasteiger partial charge in [-0.1, -0.05) is 11.6 Å². The number of Topliss-reactive ketones (excluding diaryl/α,β-unsaturated/α-hetero) is 1. The number of hydrogen-bond donors (Lipinski definition) is 1. The van der Waals surface area contributed by atoms with Gasteiger partial charge in [0.25, 0.3) is 5.56 Å². The van der Waals surface area contributed by atoms with E-state index in [-0.39, 0.29) is 59.4 Å². The number of carbonyl (C=O) groups excluding carboxylic acids is 1. The summed E-state index contributed by atoms with van der Waals surface area (Å²) in [5, 5.41) is 11.4. The van der Waals surface area contributed by atoms with E-state index in [0.717, 1.165) is 6.07 Å². The monoisotopic (exact) mass is 627 g/mol. The van der Waals surface area contributed by atoms with E-state index in [4.69, 9.17) is 16.3 Å². The number of hydrogen-bond acceptors (Lipinski definition) is 7. The lowest BCUT2D eigenvalue weighted by Gasteiger charge is -2.17. The third-order valence-corrected chi connectivity index (χ3v) is 8.66. The Hall–Kier alpha value is -4.29. The van der Waals surface area contributed by atoms with Crippen LogP contribution in [0.3, 0.4) is 0 Å². The molecule has 1 N–H and O–H groups in total. The summed E-state index contributed by atoms with van der Waals surface area (Å²) in [6, 6.07) is 7.62. The first kappa shape index (κ1) is 28.8. The van der Waals surface area contributed by atoms with E-state index in [2.05, 4.69) is 9.97 Å². The maximum absolute atomic E-state index is 13.8. The molecule has 0 radical (unpaired) electrons. The quantitative estimate of drug-likeness (QED) is 0.219. The van der Waals surface area contributed by atoms with E-state index in [0.29, 0.717) is 37.8 Å². The lowest BCUT2D eigenvalue weighted by molar-refractivity contribution is -0.138. The number of pyridine rings is 1. The SMILES string of the molecule is Cc1cc(-c2cc(Cl)ccc2OCCn2c(C)nc3cc(C(F)(F)F)c4c(c3c2=O)C(=O)CC4)c2scc(C(=O)O)c2n1.